The zero-order valence-electron chi connectivity index (χ0n) is 13.4. The second-order valence-electron chi connectivity index (χ2n) is 5.99. The van der Waals surface area contributed by atoms with Gasteiger partial charge in [0.2, 0.25) is 0 Å². The highest BCUT2D eigenvalue weighted by Gasteiger charge is 2.24. The quantitative estimate of drug-likeness (QED) is 0.749. The number of ether oxygens (including phenoxy) is 1. The summed E-state index contributed by atoms with van der Waals surface area (Å²) in [5.74, 6) is 1.33. The van der Waals surface area contributed by atoms with Gasteiger partial charge in [-0.05, 0) is 25.0 Å². The summed E-state index contributed by atoms with van der Waals surface area (Å²) in [5, 5.41) is 0. The van der Waals surface area contributed by atoms with Crippen molar-refractivity contribution >= 4 is 10.1 Å². The Morgan fingerprint density at radius 2 is 2.00 bits per heavy atom. The molecule has 1 aliphatic heterocycles. The van der Waals surface area contributed by atoms with Gasteiger partial charge in [-0.1, -0.05) is 31.5 Å². The first-order chi connectivity index (χ1) is 10.4. The Bertz CT molecular complexity index is 568. The Balaban J connectivity index is 1.90. The van der Waals surface area contributed by atoms with Crippen molar-refractivity contribution in [3.63, 3.8) is 0 Å². The van der Waals surface area contributed by atoms with Crippen LogP contribution in [0.4, 0.5) is 0 Å². The Morgan fingerprint density at radius 1 is 1.32 bits per heavy atom. The van der Waals surface area contributed by atoms with Crippen LogP contribution in [0.15, 0.2) is 29.2 Å². The molecule has 1 aliphatic rings. The molecular weight excluding hydrogens is 302 g/mol. The maximum atomic E-state index is 12.1. The van der Waals surface area contributed by atoms with Gasteiger partial charge in [-0.3, -0.25) is 9.08 Å². The fourth-order valence-electron chi connectivity index (χ4n) is 2.41. The van der Waals surface area contributed by atoms with Gasteiger partial charge in [0.15, 0.2) is 0 Å². The fourth-order valence-corrected chi connectivity index (χ4v) is 3.35. The summed E-state index contributed by atoms with van der Waals surface area (Å²) >= 11 is 0. The van der Waals surface area contributed by atoms with Gasteiger partial charge in [0.05, 0.1) is 24.2 Å². The molecule has 22 heavy (non-hydrogen) atoms. The molecule has 6 heteroatoms. The molecule has 0 amide bonds. The number of nitrogens with zero attached hydrogens (tertiary/aromatic N) is 1. The van der Waals surface area contributed by atoms with Crippen LogP contribution >= 0.6 is 0 Å². The van der Waals surface area contributed by atoms with Crippen LogP contribution in [-0.2, 0) is 19.0 Å². The third-order valence-electron chi connectivity index (χ3n) is 3.48. The predicted octanol–water partition coefficient (Wildman–Crippen LogP) is 2.02. The molecule has 0 spiro atoms. The van der Waals surface area contributed by atoms with Gasteiger partial charge >= 0.3 is 0 Å². The van der Waals surface area contributed by atoms with E-state index in [1.165, 1.54) is 5.92 Å². The number of rotatable bonds is 6. The van der Waals surface area contributed by atoms with E-state index in [1.54, 1.807) is 24.3 Å². The number of benzene rings is 1. The Hall–Kier alpha value is -0.950. The van der Waals surface area contributed by atoms with E-state index in [0.717, 1.165) is 18.7 Å². The number of aryl methyl sites for hydroxylation is 1. The minimum Gasteiger partial charge on any atom is -0.373 e. The van der Waals surface area contributed by atoms with Crippen LogP contribution in [0.1, 0.15) is 19.4 Å². The second kappa shape index (κ2) is 7.55. The van der Waals surface area contributed by atoms with Crippen LogP contribution in [0.2, 0.25) is 0 Å². The molecule has 0 N–H and O–H groups in total. The summed E-state index contributed by atoms with van der Waals surface area (Å²) in [5.41, 5.74) is 1.01. The highest BCUT2D eigenvalue weighted by Crippen LogP contribution is 2.15. The molecule has 2 rings (SSSR count). The maximum absolute atomic E-state index is 12.1. The molecule has 1 heterocycles. The minimum absolute atomic E-state index is 0.0511. The first-order valence-electron chi connectivity index (χ1n) is 7.46. The predicted molar refractivity (Wildman–Crippen MR) is 85.1 cm³/mol. The van der Waals surface area contributed by atoms with Crippen LogP contribution in [0.5, 0.6) is 0 Å². The van der Waals surface area contributed by atoms with Crippen molar-refractivity contribution in [3.8, 4) is 0 Å². The monoisotopic (exact) mass is 326 g/mol. The lowest BCUT2D eigenvalue weighted by Crippen LogP contribution is -2.45. The molecule has 1 aromatic carbocycles. The third kappa shape index (κ3) is 5.05. The van der Waals surface area contributed by atoms with Crippen molar-refractivity contribution in [3.05, 3.63) is 35.7 Å². The Labute approximate surface area is 133 Å². The SMILES string of the molecule is C[C](C)CN1CCO[C@@H](COS(=O)(=O)c2ccc(C)cc2)C1. The van der Waals surface area contributed by atoms with Gasteiger partial charge in [-0.2, -0.15) is 8.42 Å². The van der Waals surface area contributed by atoms with E-state index < -0.39 is 10.1 Å². The fraction of sp³-hybridized carbons (Fsp3) is 0.562. The molecular formula is C16H24NO4S. The zero-order chi connectivity index (χ0) is 16.2. The normalized spacial score (nSPS) is 20.5. The van der Waals surface area contributed by atoms with E-state index in [9.17, 15) is 8.42 Å². The van der Waals surface area contributed by atoms with Crippen molar-refractivity contribution in [2.75, 3.05) is 32.8 Å². The zero-order valence-corrected chi connectivity index (χ0v) is 14.2. The summed E-state index contributed by atoms with van der Waals surface area (Å²) in [4.78, 5) is 2.44. The van der Waals surface area contributed by atoms with E-state index in [-0.39, 0.29) is 17.6 Å². The largest absolute Gasteiger partial charge is 0.373 e. The molecule has 0 aromatic heterocycles. The smallest absolute Gasteiger partial charge is 0.297 e. The van der Waals surface area contributed by atoms with Gasteiger partial charge in [0, 0.05) is 19.6 Å². The van der Waals surface area contributed by atoms with E-state index in [0.29, 0.717) is 13.2 Å². The topological polar surface area (TPSA) is 55.8 Å². The maximum Gasteiger partial charge on any atom is 0.297 e. The molecule has 0 aliphatic carbocycles. The lowest BCUT2D eigenvalue weighted by atomic mass is 10.2. The van der Waals surface area contributed by atoms with Crippen LogP contribution < -0.4 is 0 Å². The van der Waals surface area contributed by atoms with E-state index in [2.05, 4.69) is 18.7 Å². The van der Waals surface area contributed by atoms with Gasteiger partial charge in [0.25, 0.3) is 10.1 Å². The van der Waals surface area contributed by atoms with Gasteiger partial charge in [0.1, 0.15) is 0 Å². The molecule has 1 aromatic rings. The summed E-state index contributed by atoms with van der Waals surface area (Å²) in [6.45, 7) is 9.20. The molecule has 0 saturated carbocycles. The van der Waals surface area contributed by atoms with Crippen molar-refractivity contribution in [1.29, 1.82) is 0 Å². The van der Waals surface area contributed by atoms with Crippen LogP contribution in [0.3, 0.4) is 0 Å². The van der Waals surface area contributed by atoms with Gasteiger partial charge in [-0.15, -0.1) is 0 Å². The highest BCUT2D eigenvalue weighted by molar-refractivity contribution is 7.86. The van der Waals surface area contributed by atoms with E-state index in [4.69, 9.17) is 8.92 Å². The standard InChI is InChI=1S/C16H24NO4S/c1-13(2)10-17-8-9-20-15(11-17)12-21-22(18,19)16-6-4-14(3)5-7-16/h4-7,15H,8-12H2,1-3H3/t15-/m1/s1. The molecule has 0 unspecified atom stereocenters. The number of hydrogen-bond acceptors (Lipinski definition) is 5. The molecule has 1 radical (unpaired) electrons. The average Bonchev–Trinajstić information content (AvgIpc) is 2.45. The summed E-state index contributed by atoms with van der Waals surface area (Å²) in [6.07, 6.45) is -0.215. The lowest BCUT2D eigenvalue weighted by molar-refractivity contribution is -0.0455. The summed E-state index contributed by atoms with van der Waals surface area (Å²) in [7, 11) is -3.72. The van der Waals surface area contributed by atoms with Crippen molar-refractivity contribution in [1.82, 2.24) is 4.90 Å². The summed E-state index contributed by atoms with van der Waals surface area (Å²) < 4.78 is 35.1. The van der Waals surface area contributed by atoms with Crippen LogP contribution in [0.25, 0.3) is 0 Å². The second-order valence-corrected chi connectivity index (χ2v) is 7.60. The van der Waals surface area contributed by atoms with E-state index >= 15 is 0 Å². The molecule has 5 nitrogen and oxygen atoms in total. The lowest BCUT2D eigenvalue weighted by Gasteiger charge is -2.33. The first-order valence-corrected chi connectivity index (χ1v) is 8.87. The molecule has 1 fully saturated rings. The Morgan fingerprint density at radius 3 is 2.64 bits per heavy atom. The molecule has 123 valence electrons. The van der Waals surface area contributed by atoms with Crippen molar-refractivity contribution in [2.45, 2.75) is 31.8 Å². The number of hydrogen-bond donors (Lipinski definition) is 0. The Kier molecular flexibility index (Phi) is 5.97. The molecule has 1 atom stereocenters. The van der Waals surface area contributed by atoms with Crippen LogP contribution in [-0.4, -0.2) is 52.3 Å². The van der Waals surface area contributed by atoms with E-state index in [1.807, 2.05) is 6.92 Å². The molecule has 1 saturated heterocycles. The van der Waals surface area contributed by atoms with Gasteiger partial charge < -0.3 is 4.74 Å². The highest BCUT2D eigenvalue weighted by atomic mass is 32.2. The first kappa shape index (κ1) is 17.4. The van der Waals surface area contributed by atoms with Crippen molar-refractivity contribution in [2.24, 2.45) is 0 Å². The van der Waals surface area contributed by atoms with Crippen molar-refractivity contribution < 1.29 is 17.3 Å². The average molecular weight is 326 g/mol. The summed E-state index contributed by atoms with van der Waals surface area (Å²) in [6, 6.07) is 6.64. The minimum atomic E-state index is -3.72. The van der Waals surface area contributed by atoms with Crippen LogP contribution in [0, 0.1) is 12.8 Å². The van der Waals surface area contributed by atoms with Gasteiger partial charge in [-0.25, -0.2) is 0 Å². The molecule has 0 bridgehead atoms. The number of morpholine rings is 1. The third-order valence-corrected chi connectivity index (χ3v) is 4.78.